The molecule has 1 aromatic rings. The number of carbonyl (C=O) groups is 2. The zero-order valence-electron chi connectivity index (χ0n) is 13.4. The molecule has 5 nitrogen and oxygen atoms in total. The van der Waals surface area contributed by atoms with Gasteiger partial charge in [0.15, 0.2) is 11.3 Å². The Labute approximate surface area is 144 Å². The largest absolute Gasteiger partial charge is 0.452 e. The van der Waals surface area contributed by atoms with Crippen molar-refractivity contribution in [1.82, 2.24) is 5.32 Å². The zero-order chi connectivity index (χ0) is 16.8. The van der Waals surface area contributed by atoms with Gasteiger partial charge in [0.05, 0.1) is 0 Å². The number of carbonyl (C=O) groups excluding carboxylic acids is 2. The molecule has 1 aliphatic carbocycles. The highest BCUT2D eigenvalue weighted by Gasteiger charge is 2.28. The van der Waals surface area contributed by atoms with E-state index in [-0.39, 0.29) is 18.6 Å². The first kappa shape index (κ1) is 17.8. The Morgan fingerprint density at radius 1 is 1.39 bits per heavy atom. The Morgan fingerprint density at radius 2 is 2.17 bits per heavy atom. The quantitative estimate of drug-likeness (QED) is 0.623. The summed E-state index contributed by atoms with van der Waals surface area (Å²) >= 11 is 3.18. The molecule has 1 heterocycles. The highest BCUT2D eigenvalue weighted by Crippen LogP contribution is 2.29. The fourth-order valence-corrected chi connectivity index (χ4v) is 3.11. The lowest BCUT2D eigenvalue weighted by Crippen LogP contribution is -2.45. The maximum absolute atomic E-state index is 11.9. The van der Waals surface area contributed by atoms with Crippen LogP contribution in [0.2, 0.25) is 0 Å². The maximum Gasteiger partial charge on any atom is 0.331 e. The number of amides is 1. The molecule has 0 unspecified atom stereocenters. The van der Waals surface area contributed by atoms with Gasteiger partial charge in [-0.05, 0) is 52.4 Å². The van der Waals surface area contributed by atoms with Crippen LogP contribution in [0.15, 0.2) is 27.3 Å². The molecule has 23 heavy (non-hydrogen) atoms. The van der Waals surface area contributed by atoms with Crippen molar-refractivity contribution in [3.05, 3.63) is 28.6 Å². The van der Waals surface area contributed by atoms with Gasteiger partial charge in [0, 0.05) is 12.1 Å². The summed E-state index contributed by atoms with van der Waals surface area (Å²) in [5.74, 6) is 0.757. The Morgan fingerprint density at radius 3 is 2.87 bits per heavy atom. The van der Waals surface area contributed by atoms with E-state index in [0.717, 1.165) is 12.8 Å². The molecule has 126 valence electrons. The van der Waals surface area contributed by atoms with E-state index in [1.54, 1.807) is 12.1 Å². The predicted molar refractivity (Wildman–Crippen MR) is 90.5 cm³/mol. The number of ether oxygens (including phenoxy) is 1. The van der Waals surface area contributed by atoms with Crippen molar-refractivity contribution in [1.29, 1.82) is 0 Å². The van der Waals surface area contributed by atoms with E-state index in [2.05, 4.69) is 35.1 Å². The third kappa shape index (κ3) is 5.53. The molecule has 1 fully saturated rings. The van der Waals surface area contributed by atoms with Crippen molar-refractivity contribution >= 4 is 33.9 Å². The van der Waals surface area contributed by atoms with Crippen molar-refractivity contribution in [2.45, 2.75) is 39.2 Å². The Bertz CT molecular complexity index is 581. The van der Waals surface area contributed by atoms with Crippen molar-refractivity contribution in [2.75, 3.05) is 6.61 Å². The van der Waals surface area contributed by atoms with Gasteiger partial charge < -0.3 is 14.5 Å². The van der Waals surface area contributed by atoms with Crippen LogP contribution in [-0.2, 0) is 14.3 Å². The van der Waals surface area contributed by atoms with Gasteiger partial charge in [-0.2, -0.15) is 0 Å². The number of furan rings is 1. The van der Waals surface area contributed by atoms with Crippen LogP contribution < -0.4 is 5.32 Å². The van der Waals surface area contributed by atoms with Crippen molar-refractivity contribution in [3.8, 4) is 0 Å². The van der Waals surface area contributed by atoms with Crippen LogP contribution in [0.5, 0.6) is 0 Å². The summed E-state index contributed by atoms with van der Waals surface area (Å²) in [5.41, 5.74) is 0. The zero-order valence-corrected chi connectivity index (χ0v) is 15.0. The van der Waals surface area contributed by atoms with Crippen LogP contribution in [0.1, 0.15) is 38.9 Å². The van der Waals surface area contributed by atoms with Crippen molar-refractivity contribution in [2.24, 2.45) is 11.8 Å². The number of esters is 1. The smallest absolute Gasteiger partial charge is 0.331 e. The van der Waals surface area contributed by atoms with Gasteiger partial charge >= 0.3 is 5.97 Å². The molecule has 3 atom stereocenters. The fraction of sp³-hybridized carbons (Fsp3) is 0.529. The minimum atomic E-state index is -0.572. The number of halogens is 1. The highest BCUT2D eigenvalue weighted by molar-refractivity contribution is 9.10. The standard InChI is InChI=1S/C17H22BrNO4/c1-11-4-3-5-14(12(11)2)19-16(20)10-22-17(21)9-7-13-6-8-15(18)23-13/h6-9,11-12,14H,3-5,10H2,1-2H3,(H,19,20)/b9-7+/t11-,12-,14-/m1/s1. The molecule has 0 aliphatic heterocycles. The van der Waals surface area contributed by atoms with E-state index in [1.165, 1.54) is 18.6 Å². The summed E-state index contributed by atoms with van der Waals surface area (Å²) in [6.45, 7) is 4.11. The topological polar surface area (TPSA) is 68.5 Å². The molecule has 2 rings (SSSR count). The normalized spacial score (nSPS) is 24.6. The third-order valence-corrected chi connectivity index (χ3v) is 4.80. The SMILES string of the molecule is C[C@@H]1[C@H](C)CCC[C@H]1NC(=O)COC(=O)/C=C/c1ccc(Br)o1. The van der Waals surface area contributed by atoms with Crippen LogP contribution in [0.4, 0.5) is 0 Å². The molecule has 6 heteroatoms. The Hall–Kier alpha value is -1.56. The first-order valence-electron chi connectivity index (χ1n) is 7.85. The first-order chi connectivity index (χ1) is 11.0. The molecule has 1 saturated carbocycles. The van der Waals surface area contributed by atoms with Gasteiger partial charge in [0.2, 0.25) is 0 Å². The number of nitrogens with one attached hydrogen (secondary N) is 1. The fourth-order valence-electron chi connectivity index (χ4n) is 2.79. The van der Waals surface area contributed by atoms with Gasteiger partial charge in [0.25, 0.3) is 5.91 Å². The minimum absolute atomic E-state index is 0.168. The number of hydrogen-bond acceptors (Lipinski definition) is 4. The molecule has 1 aliphatic rings. The average Bonchev–Trinajstić information content (AvgIpc) is 2.93. The van der Waals surface area contributed by atoms with E-state index in [9.17, 15) is 9.59 Å². The van der Waals surface area contributed by atoms with Gasteiger partial charge in [0.1, 0.15) is 5.76 Å². The van der Waals surface area contributed by atoms with Crippen LogP contribution in [0.25, 0.3) is 6.08 Å². The van der Waals surface area contributed by atoms with Gasteiger partial charge in [-0.3, -0.25) is 4.79 Å². The molecule has 1 N–H and O–H groups in total. The molecule has 0 aromatic carbocycles. The van der Waals surface area contributed by atoms with E-state index >= 15 is 0 Å². The highest BCUT2D eigenvalue weighted by atomic mass is 79.9. The van der Waals surface area contributed by atoms with Crippen LogP contribution in [0.3, 0.4) is 0 Å². The number of hydrogen-bond donors (Lipinski definition) is 1. The molecule has 0 spiro atoms. The van der Waals surface area contributed by atoms with E-state index < -0.39 is 5.97 Å². The minimum Gasteiger partial charge on any atom is -0.452 e. The van der Waals surface area contributed by atoms with E-state index in [4.69, 9.17) is 9.15 Å². The Kier molecular flexibility index (Phi) is 6.45. The van der Waals surface area contributed by atoms with Gasteiger partial charge in [-0.15, -0.1) is 0 Å². The lowest BCUT2D eigenvalue weighted by Gasteiger charge is -2.34. The van der Waals surface area contributed by atoms with Gasteiger partial charge in [-0.1, -0.05) is 26.7 Å². The van der Waals surface area contributed by atoms with Crippen molar-refractivity contribution < 1.29 is 18.7 Å². The molecule has 0 bridgehead atoms. The Balaban J connectivity index is 1.73. The lowest BCUT2D eigenvalue weighted by atomic mass is 9.78. The summed E-state index contributed by atoms with van der Waals surface area (Å²) in [7, 11) is 0. The summed E-state index contributed by atoms with van der Waals surface area (Å²) in [6, 6.07) is 3.61. The van der Waals surface area contributed by atoms with Crippen LogP contribution in [-0.4, -0.2) is 24.5 Å². The summed E-state index contributed by atoms with van der Waals surface area (Å²) in [5, 5.41) is 2.97. The van der Waals surface area contributed by atoms with Gasteiger partial charge in [-0.25, -0.2) is 4.79 Å². The van der Waals surface area contributed by atoms with Crippen LogP contribution >= 0.6 is 15.9 Å². The molecule has 1 amide bonds. The maximum atomic E-state index is 11.9. The second-order valence-electron chi connectivity index (χ2n) is 6.02. The van der Waals surface area contributed by atoms with Crippen LogP contribution in [0, 0.1) is 11.8 Å². The third-order valence-electron chi connectivity index (χ3n) is 4.38. The van der Waals surface area contributed by atoms with Crippen molar-refractivity contribution in [3.63, 3.8) is 0 Å². The van der Waals surface area contributed by atoms with E-state index in [0.29, 0.717) is 22.3 Å². The molecule has 0 radical (unpaired) electrons. The second kappa shape index (κ2) is 8.34. The summed E-state index contributed by atoms with van der Waals surface area (Å²) in [4.78, 5) is 23.5. The monoisotopic (exact) mass is 383 g/mol. The second-order valence-corrected chi connectivity index (χ2v) is 6.81. The molecule has 1 aromatic heterocycles. The molecular weight excluding hydrogens is 362 g/mol. The average molecular weight is 384 g/mol. The van der Waals surface area contributed by atoms with E-state index in [1.807, 2.05) is 0 Å². The molecule has 0 saturated heterocycles. The lowest BCUT2D eigenvalue weighted by molar-refractivity contribution is -0.144. The molecular formula is C17H22BrNO4. The predicted octanol–water partition coefficient (Wildman–Crippen LogP) is 3.54. The summed E-state index contributed by atoms with van der Waals surface area (Å²) < 4.78 is 10.8. The number of rotatable bonds is 5. The first-order valence-corrected chi connectivity index (χ1v) is 8.64. The summed E-state index contributed by atoms with van der Waals surface area (Å²) in [6.07, 6.45) is 6.05.